The van der Waals surface area contributed by atoms with Crippen molar-refractivity contribution in [3.8, 4) is 0 Å². The van der Waals surface area contributed by atoms with Crippen molar-refractivity contribution in [2.75, 3.05) is 37.6 Å². The number of hydrogen-bond donors (Lipinski definition) is 0. The Hall–Kier alpha value is -2.04. The van der Waals surface area contributed by atoms with Gasteiger partial charge in [-0.1, -0.05) is 12.1 Å². The maximum atomic E-state index is 13.5. The van der Waals surface area contributed by atoms with Crippen LogP contribution in [0.25, 0.3) is 0 Å². The largest absolute Gasteiger partial charge is 0.371 e. The number of hydrogen-bond acceptors (Lipinski definition) is 3. The second kappa shape index (κ2) is 7.09. The zero-order valence-electron chi connectivity index (χ0n) is 16.7. The lowest BCUT2D eigenvalue weighted by Gasteiger charge is -2.48. The van der Waals surface area contributed by atoms with Crippen molar-refractivity contribution in [3.63, 3.8) is 0 Å². The van der Waals surface area contributed by atoms with Gasteiger partial charge in [0.05, 0.1) is 5.56 Å². The number of benzene rings is 1. The molecule has 1 aromatic rings. The van der Waals surface area contributed by atoms with E-state index in [0.717, 1.165) is 76.1 Å². The molecule has 0 bridgehead atoms. The van der Waals surface area contributed by atoms with Gasteiger partial charge in [-0.25, -0.2) is 0 Å². The van der Waals surface area contributed by atoms with Gasteiger partial charge in [0.1, 0.15) is 0 Å². The standard InChI is InChI=1S/C23H31N3O2/c27-21-10-12-23(17-26(21)18-8-9-18)11-5-15-25(16-23)22(28)19-6-1-2-7-20(19)24-13-3-4-14-24/h1-2,6-7,18H,3-5,8-17H2/t23-/m1/s1. The molecule has 2 amide bonds. The lowest BCUT2D eigenvalue weighted by atomic mass is 9.73. The number of carbonyl (C=O) groups is 2. The summed E-state index contributed by atoms with van der Waals surface area (Å²) in [5.74, 6) is 0.507. The Morgan fingerprint density at radius 2 is 1.75 bits per heavy atom. The second-order valence-corrected chi connectivity index (χ2v) is 9.29. The molecule has 1 aromatic carbocycles. The first-order chi connectivity index (χ1) is 13.7. The third-order valence-electron chi connectivity index (χ3n) is 7.21. The molecule has 0 N–H and O–H groups in total. The SMILES string of the molecule is O=C(c1ccccc1N1CCCC1)N1CCC[C@@]2(CCC(=O)N(C3CC3)C2)C1. The van der Waals surface area contributed by atoms with Gasteiger partial charge in [-0.3, -0.25) is 9.59 Å². The molecule has 3 saturated heterocycles. The van der Waals surface area contributed by atoms with Gasteiger partial charge in [0, 0.05) is 56.3 Å². The predicted octanol–water partition coefficient (Wildman–Crippen LogP) is 3.29. The molecule has 4 fully saturated rings. The number of rotatable bonds is 3. The number of likely N-dealkylation sites (tertiary alicyclic amines) is 2. The summed E-state index contributed by atoms with van der Waals surface area (Å²) in [5.41, 5.74) is 2.06. The van der Waals surface area contributed by atoms with Crippen molar-refractivity contribution in [3.05, 3.63) is 29.8 Å². The van der Waals surface area contributed by atoms with Crippen LogP contribution in [0.15, 0.2) is 24.3 Å². The average molecular weight is 382 g/mol. The molecule has 0 radical (unpaired) electrons. The smallest absolute Gasteiger partial charge is 0.255 e. The van der Waals surface area contributed by atoms with Crippen molar-refractivity contribution in [1.82, 2.24) is 9.80 Å². The van der Waals surface area contributed by atoms with Crippen LogP contribution in [0.2, 0.25) is 0 Å². The fourth-order valence-corrected chi connectivity index (χ4v) is 5.54. The molecule has 1 atom stereocenters. The van der Waals surface area contributed by atoms with Gasteiger partial charge in [-0.15, -0.1) is 0 Å². The number of nitrogens with zero attached hydrogens (tertiary/aromatic N) is 3. The molecule has 150 valence electrons. The first-order valence-corrected chi connectivity index (χ1v) is 11.1. The average Bonchev–Trinajstić information content (AvgIpc) is 3.43. The Kier molecular flexibility index (Phi) is 4.56. The molecule has 28 heavy (non-hydrogen) atoms. The zero-order valence-corrected chi connectivity index (χ0v) is 16.7. The predicted molar refractivity (Wildman–Crippen MR) is 109 cm³/mol. The van der Waals surface area contributed by atoms with Gasteiger partial charge >= 0.3 is 0 Å². The van der Waals surface area contributed by atoms with E-state index in [4.69, 9.17) is 0 Å². The molecular weight excluding hydrogens is 350 g/mol. The normalized spacial score (nSPS) is 28.3. The molecule has 4 aliphatic rings. The van der Waals surface area contributed by atoms with Gasteiger partial charge in [-0.2, -0.15) is 0 Å². The van der Waals surface area contributed by atoms with Crippen LogP contribution >= 0.6 is 0 Å². The molecule has 0 unspecified atom stereocenters. The Morgan fingerprint density at radius 1 is 0.964 bits per heavy atom. The summed E-state index contributed by atoms with van der Waals surface area (Å²) in [4.78, 5) is 32.5. The Bertz CT molecular complexity index is 769. The summed E-state index contributed by atoms with van der Waals surface area (Å²) in [6.07, 6.45) is 8.52. The summed E-state index contributed by atoms with van der Waals surface area (Å²) in [7, 11) is 0. The van der Waals surface area contributed by atoms with Crippen molar-refractivity contribution in [1.29, 1.82) is 0 Å². The highest BCUT2D eigenvalue weighted by atomic mass is 16.2. The molecule has 1 saturated carbocycles. The van der Waals surface area contributed by atoms with E-state index in [1.165, 1.54) is 12.8 Å². The van der Waals surface area contributed by atoms with Crippen LogP contribution < -0.4 is 4.90 Å². The van der Waals surface area contributed by atoms with Crippen LogP contribution in [0.3, 0.4) is 0 Å². The van der Waals surface area contributed by atoms with Crippen LogP contribution in [-0.4, -0.2) is 60.4 Å². The van der Waals surface area contributed by atoms with E-state index in [9.17, 15) is 9.59 Å². The third kappa shape index (κ3) is 3.29. The second-order valence-electron chi connectivity index (χ2n) is 9.29. The topological polar surface area (TPSA) is 43.9 Å². The number of amides is 2. The third-order valence-corrected chi connectivity index (χ3v) is 7.21. The van der Waals surface area contributed by atoms with Crippen LogP contribution in [-0.2, 0) is 4.79 Å². The van der Waals surface area contributed by atoms with Crippen molar-refractivity contribution in [2.45, 2.75) is 57.4 Å². The molecule has 3 heterocycles. The fourth-order valence-electron chi connectivity index (χ4n) is 5.54. The first-order valence-electron chi connectivity index (χ1n) is 11.1. The summed E-state index contributed by atoms with van der Waals surface area (Å²) < 4.78 is 0. The minimum absolute atomic E-state index is 0.104. The van der Waals surface area contributed by atoms with Crippen LogP contribution in [0.4, 0.5) is 5.69 Å². The molecule has 0 aromatic heterocycles. The van der Waals surface area contributed by atoms with Gasteiger partial charge in [-0.05, 0) is 57.1 Å². The minimum Gasteiger partial charge on any atom is -0.371 e. The Morgan fingerprint density at radius 3 is 2.54 bits per heavy atom. The molecule has 5 rings (SSSR count). The van der Waals surface area contributed by atoms with Crippen LogP contribution in [0.5, 0.6) is 0 Å². The number of para-hydroxylation sites is 1. The van der Waals surface area contributed by atoms with E-state index >= 15 is 0 Å². The van der Waals surface area contributed by atoms with E-state index in [1.54, 1.807) is 0 Å². The number of carbonyl (C=O) groups excluding carboxylic acids is 2. The van der Waals surface area contributed by atoms with Crippen molar-refractivity contribution < 1.29 is 9.59 Å². The first kappa shape index (κ1) is 18.0. The summed E-state index contributed by atoms with van der Waals surface area (Å²) in [5, 5.41) is 0. The lowest BCUT2D eigenvalue weighted by Crippen LogP contribution is -2.55. The summed E-state index contributed by atoms with van der Waals surface area (Å²) >= 11 is 0. The number of piperidine rings is 2. The monoisotopic (exact) mass is 381 g/mol. The molecule has 3 aliphatic heterocycles. The maximum Gasteiger partial charge on any atom is 0.255 e. The van der Waals surface area contributed by atoms with Crippen LogP contribution in [0.1, 0.15) is 61.7 Å². The van der Waals surface area contributed by atoms with Crippen LogP contribution in [0, 0.1) is 5.41 Å². The Labute approximate surface area is 167 Å². The zero-order chi connectivity index (χ0) is 19.1. The van der Waals surface area contributed by atoms with Gasteiger partial charge in [0.2, 0.25) is 5.91 Å². The van der Waals surface area contributed by atoms with Crippen molar-refractivity contribution in [2.24, 2.45) is 5.41 Å². The van der Waals surface area contributed by atoms with Gasteiger partial charge in [0.25, 0.3) is 5.91 Å². The van der Waals surface area contributed by atoms with Crippen molar-refractivity contribution >= 4 is 17.5 Å². The molecular formula is C23H31N3O2. The highest BCUT2D eigenvalue weighted by molar-refractivity contribution is 6.00. The fraction of sp³-hybridized carbons (Fsp3) is 0.652. The Balaban J connectivity index is 1.35. The number of anilines is 1. The minimum atomic E-state index is 0.104. The van der Waals surface area contributed by atoms with Gasteiger partial charge in [0.15, 0.2) is 0 Å². The van der Waals surface area contributed by atoms with Gasteiger partial charge < -0.3 is 14.7 Å². The van der Waals surface area contributed by atoms with E-state index in [0.29, 0.717) is 18.4 Å². The molecule has 1 aliphatic carbocycles. The van der Waals surface area contributed by atoms with E-state index in [1.807, 2.05) is 18.2 Å². The molecule has 1 spiro atoms. The van der Waals surface area contributed by atoms with E-state index < -0.39 is 0 Å². The molecule has 5 nitrogen and oxygen atoms in total. The summed E-state index contributed by atoms with van der Waals surface area (Å²) in [6, 6.07) is 8.61. The quantitative estimate of drug-likeness (QED) is 0.807. The van der Waals surface area contributed by atoms with E-state index in [2.05, 4.69) is 20.8 Å². The molecule has 5 heteroatoms. The highest BCUT2D eigenvalue weighted by Crippen LogP contribution is 2.43. The van der Waals surface area contributed by atoms with E-state index in [-0.39, 0.29) is 11.3 Å². The lowest BCUT2D eigenvalue weighted by molar-refractivity contribution is -0.139. The maximum absolute atomic E-state index is 13.5. The highest BCUT2D eigenvalue weighted by Gasteiger charge is 2.46. The summed E-state index contributed by atoms with van der Waals surface area (Å²) in [6.45, 7) is 4.59.